The Labute approximate surface area is 116 Å². The molecule has 0 aromatic heterocycles. The van der Waals surface area contributed by atoms with Crippen molar-refractivity contribution in [1.82, 2.24) is 4.31 Å². The molecule has 0 aliphatic heterocycles. The molecule has 1 N–H and O–H groups in total. The smallest absolute Gasteiger partial charge is 0.243 e. The highest BCUT2D eigenvalue weighted by molar-refractivity contribution is 7.89. The van der Waals surface area contributed by atoms with E-state index < -0.39 is 10.0 Å². The predicted molar refractivity (Wildman–Crippen MR) is 76.6 cm³/mol. The van der Waals surface area contributed by atoms with E-state index in [4.69, 9.17) is 5.11 Å². The molecule has 19 heavy (non-hydrogen) atoms. The molecule has 0 amide bonds. The van der Waals surface area contributed by atoms with Crippen molar-refractivity contribution in [2.24, 2.45) is 0 Å². The van der Waals surface area contributed by atoms with Gasteiger partial charge in [-0.3, -0.25) is 0 Å². The lowest BCUT2D eigenvalue weighted by molar-refractivity contribution is 0.288. The zero-order valence-electron chi connectivity index (χ0n) is 11.8. The summed E-state index contributed by atoms with van der Waals surface area (Å²) in [5.41, 5.74) is 1.04. The molecule has 5 heteroatoms. The molecule has 0 spiro atoms. The maximum absolute atomic E-state index is 12.4. The van der Waals surface area contributed by atoms with Gasteiger partial charge < -0.3 is 5.11 Å². The lowest BCUT2D eigenvalue weighted by Crippen LogP contribution is -2.36. The molecule has 0 saturated carbocycles. The van der Waals surface area contributed by atoms with Gasteiger partial charge in [-0.15, -0.1) is 0 Å². The van der Waals surface area contributed by atoms with E-state index in [1.807, 2.05) is 32.9 Å². The van der Waals surface area contributed by atoms with Gasteiger partial charge in [-0.1, -0.05) is 19.1 Å². The molecule has 0 unspecified atom stereocenters. The van der Waals surface area contributed by atoms with Crippen molar-refractivity contribution in [2.75, 3.05) is 13.2 Å². The van der Waals surface area contributed by atoms with E-state index in [1.54, 1.807) is 12.1 Å². The Bertz CT molecular complexity index is 480. The molecule has 0 aliphatic rings. The molecule has 0 saturated heterocycles. The number of rotatable bonds is 7. The summed E-state index contributed by atoms with van der Waals surface area (Å²) in [5, 5.41) is 8.77. The van der Waals surface area contributed by atoms with Crippen LogP contribution >= 0.6 is 0 Å². The Kier molecular flexibility index (Phi) is 5.97. The predicted octanol–water partition coefficient (Wildman–Crippen LogP) is 2.03. The lowest BCUT2D eigenvalue weighted by atomic mass is 10.1. The van der Waals surface area contributed by atoms with Gasteiger partial charge in [0.05, 0.1) is 4.90 Å². The molecular weight excluding hydrogens is 262 g/mol. The van der Waals surface area contributed by atoms with Gasteiger partial charge in [-0.25, -0.2) is 8.42 Å². The topological polar surface area (TPSA) is 57.6 Å². The van der Waals surface area contributed by atoms with E-state index in [-0.39, 0.29) is 12.6 Å². The van der Waals surface area contributed by atoms with E-state index in [2.05, 4.69) is 0 Å². The summed E-state index contributed by atoms with van der Waals surface area (Å²) >= 11 is 0. The van der Waals surface area contributed by atoms with Gasteiger partial charge in [0.2, 0.25) is 10.0 Å². The molecule has 4 nitrogen and oxygen atoms in total. The van der Waals surface area contributed by atoms with Crippen LogP contribution in [0.3, 0.4) is 0 Å². The number of nitrogens with zero attached hydrogens (tertiary/aromatic N) is 1. The molecule has 1 aromatic carbocycles. The van der Waals surface area contributed by atoms with Crippen LogP contribution in [0.15, 0.2) is 29.2 Å². The maximum Gasteiger partial charge on any atom is 0.243 e. The van der Waals surface area contributed by atoms with Crippen molar-refractivity contribution in [3.05, 3.63) is 29.8 Å². The fourth-order valence-corrected chi connectivity index (χ4v) is 3.71. The summed E-state index contributed by atoms with van der Waals surface area (Å²) in [6.45, 7) is 6.20. The average Bonchev–Trinajstić information content (AvgIpc) is 2.36. The number of benzene rings is 1. The number of sulfonamides is 1. The standard InChI is InChI=1S/C14H23NO3S/c1-4-15(12(2)3)19(17,18)14-9-7-13(8-10-14)6-5-11-16/h7-10,12,16H,4-6,11H2,1-3H3. The van der Waals surface area contributed by atoms with E-state index in [0.29, 0.717) is 17.9 Å². The van der Waals surface area contributed by atoms with Gasteiger partial charge >= 0.3 is 0 Å². The van der Waals surface area contributed by atoms with Crippen LogP contribution in [-0.4, -0.2) is 37.0 Å². The van der Waals surface area contributed by atoms with Crippen molar-refractivity contribution in [3.63, 3.8) is 0 Å². The Morgan fingerprint density at radius 2 is 1.79 bits per heavy atom. The first-order valence-corrected chi connectivity index (χ1v) is 8.09. The van der Waals surface area contributed by atoms with E-state index >= 15 is 0 Å². The second kappa shape index (κ2) is 7.03. The second-order valence-electron chi connectivity index (χ2n) is 4.77. The minimum atomic E-state index is -3.40. The van der Waals surface area contributed by atoms with Crippen LogP contribution in [0, 0.1) is 0 Å². The lowest BCUT2D eigenvalue weighted by Gasteiger charge is -2.24. The highest BCUT2D eigenvalue weighted by Crippen LogP contribution is 2.19. The normalized spacial score (nSPS) is 12.3. The minimum Gasteiger partial charge on any atom is -0.396 e. The van der Waals surface area contributed by atoms with Crippen LogP contribution in [0.2, 0.25) is 0 Å². The van der Waals surface area contributed by atoms with Crippen LogP contribution in [0.1, 0.15) is 32.8 Å². The maximum atomic E-state index is 12.4. The van der Waals surface area contributed by atoms with Gasteiger partial charge in [-0.2, -0.15) is 4.31 Å². The number of aliphatic hydroxyl groups is 1. The van der Waals surface area contributed by atoms with Crippen molar-refractivity contribution < 1.29 is 13.5 Å². The van der Waals surface area contributed by atoms with E-state index in [9.17, 15) is 8.42 Å². The van der Waals surface area contributed by atoms with Crippen LogP contribution < -0.4 is 0 Å². The van der Waals surface area contributed by atoms with E-state index in [0.717, 1.165) is 12.0 Å². The third-order valence-corrected chi connectivity index (χ3v) is 5.21. The van der Waals surface area contributed by atoms with Crippen LogP contribution in [-0.2, 0) is 16.4 Å². The number of hydrogen-bond acceptors (Lipinski definition) is 3. The number of aryl methyl sites for hydroxylation is 1. The molecule has 108 valence electrons. The van der Waals surface area contributed by atoms with Gasteiger partial charge in [-0.05, 0) is 44.4 Å². The summed E-state index contributed by atoms with van der Waals surface area (Å²) in [5.74, 6) is 0. The third kappa shape index (κ3) is 4.03. The zero-order chi connectivity index (χ0) is 14.5. The molecule has 1 aromatic rings. The fourth-order valence-electron chi connectivity index (χ4n) is 2.06. The van der Waals surface area contributed by atoms with Crippen LogP contribution in [0.5, 0.6) is 0 Å². The summed E-state index contributed by atoms with van der Waals surface area (Å²) in [6, 6.07) is 6.87. The molecule has 0 heterocycles. The van der Waals surface area contributed by atoms with Crippen molar-refractivity contribution >= 4 is 10.0 Å². The van der Waals surface area contributed by atoms with Crippen molar-refractivity contribution in [2.45, 2.75) is 44.6 Å². The zero-order valence-corrected chi connectivity index (χ0v) is 12.7. The van der Waals surface area contributed by atoms with Gasteiger partial charge in [0.25, 0.3) is 0 Å². The van der Waals surface area contributed by atoms with Crippen LogP contribution in [0.25, 0.3) is 0 Å². The van der Waals surface area contributed by atoms with Gasteiger partial charge in [0.1, 0.15) is 0 Å². The Morgan fingerprint density at radius 3 is 2.21 bits per heavy atom. The first-order valence-electron chi connectivity index (χ1n) is 6.65. The fraction of sp³-hybridized carbons (Fsp3) is 0.571. The molecule has 0 aliphatic carbocycles. The molecule has 1 rings (SSSR count). The second-order valence-corrected chi connectivity index (χ2v) is 6.66. The van der Waals surface area contributed by atoms with Crippen molar-refractivity contribution in [3.8, 4) is 0 Å². The molecule has 0 fully saturated rings. The third-order valence-electron chi connectivity index (χ3n) is 3.04. The molecule has 0 bridgehead atoms. The quantitative estimate of drug-likeness (QED) is 0.834. The van der Waals surface area contributed by atoms with E-state index in [1.165, 1.54) is 4.31 Å². The van der Waals surface area contributed by atoms with Gasteiger partial charge in [0, 0.05) is 19.2 Å². The first-order chi connectivity index (χ1) is 8.93. The summed E-state index contributed by atoms with van der Waals surface area (Å²) < 4.78 is 26.3. The summed E-state index contributed by atoms with van der Waals surface area (Å²) in [4.78, 5) is 0.329. The summed E-state index contributed by atoms with van der Waals surface area (Å²) in [7, 11) is -3.40. The monoisotopic (exact) mass is 285 g/mol. The molecule has 0 atom stereocenters. The first kappa shape index (κ1) is 16.1. The SMILES string of the molecule is CCN(C(C)C)S(=O)(=O)c1ccc(CCCO)cc1. The Hall–Kier alpha value is -0.910. The molecular formula is C14H23NO3S. The Balaban J connectivity index is 2.96. The molecule has 0 radical (unpaired) electrons. The minimum absolute atomic E-state index is 0.0518. The number of aliphatic hydroxyl groups excluding tert-OH is 1. The summed E-state index contributed by atoms with van der Waals surface area (Å²) in [6.07, 6.45) is 1.46. The average molecular weight is 285 g/mol. The van der Waals surface area contributed by atoms with Crippen LogP contribution in [0.4, 0.5) is 0 Å². The largest absolute Gasteiger partial charge is 0.396 e. The highest BCUT2D eigenvalue weighted by atomic mass is 32.2. The van der Waals surface area contributed by atoms with Crippen molar-refractivity contribution in [1.29, 1.82) is 0 Å². The van der Waals surface area contributed by atoms with Gasteiger partial charge in [0.15, 0.2) is 0 Å². The highest BCUT2D eigenvalue weighted by Gasteiger charge is 2.25. The Morgan fingerprint density at radius 1 is 1.21 bits per heavy atom. The number of hydrogen-bond donors (Lipinski definition) is 1.